The van der Waals surface area contributed by atoms with E-state index in [1.807, 2.05) is 0 Å². The van der Waals surface area contributed by atoms with Gasteiger partial charge < -0.3 is 9.84 Å². The monoisotopic (exact) mass is 342 g/mol. The third-order valence-electron chi connectivity index (χ3n) is 5.52. The van der Waals surface area contributed by atoms with Crippen LogP contribution in [-0.2, 0) is 9.53 Å². The zero-order valence-corrected chi connectivity index (χ0v) is 15.3. The molecule has 2 atom stereocenters. The highest BCUT2D eigenvalue weighted by molar-refractivity contribution is 7.99. The Kier molecular flexibility index (Phi) is 9.43. The summed E-state index contributed by atoms with van der Waals surface area (Å²) in [5.41, 5.74) is 0. The van der Waals surface area contributed by atoms with E-state index in [-0.39, 0.29) is 0 Å². The Morgan fingerprint density at radius 1 is 1.00 bits per heavy atom. The number of ether oxygens (including phenoxy) is 1. The van der Waals surface area contributed by atoms with Crippen molar-refractivity contribution in [1.29, 1.82) is 0 Å². The third kappa shape index (κ3) is 7.93. The normalized spacial score (nSPS) is 25.2. The maximum absolute atomic E-state index is 10.5. The molecular formula is C19H34O3S. The summed E-state index contributed by atoms with van der Waals surface area (Å²) in [5.74, 6) is 4.42. The maximum atomic E-state index is 10.5. The Labute approximate surface area is 145 Å². The van der Waals surface area contributed by atoms with E-state index in [4.69, 9.17) is 9.84 Å². The molecule has 2 fully saturated rings. The average molecular weight is 343 g/mol. The first-order valence-electron chi connectivity index (χ1n) is 9.63. The van der Waals surface area contributed by atoms with Crippen LogP contribution >= 0.6 is 11.8 Å². The molecule has 0 unspecified atom stereocenters. The van der Waals surface area contributed by atoms with Crippen LogP contribution in [0.3, 0.4) is 0 Å². The lowest BCUT2D eigenvalue weighted by Gasteiger charge is -2.19. The second kappa shape index (κ2) is 11.4. The highest BCUT2D eigenvalue weighted by Crippen LogP contribution is 2.34. The topological polar surface area (TPSA) is 46.5 Å². The zero-order chi connectivity index (χ0) is 16.3. The summed E-state index contributed by atoms with van der Waals surface area (Å²) in [7, 11) is 0. The van der Waals surface area contributed by atoms with Crippen LogP contribution in [0.2, 0.25) is 0 Å². The van der Waals surface area contributed by atoms with E-state index in [1.54, 1.807) is 0 Å². The molecule has 3 nitrogen and oxygen atoms in total. The number of hydrogen-bond acceptors (Lipinski definition) is 3. The minimum atomic E-state index is -0.660. The van der Waals surface area contributed by atoms with E-state index in [2.05, 4.69) is 11.8 Å². The first-order chi connectivity index (χ1) is 11.3. The quantitative estimate of drug-likeness (QED) is 0.508. The lowest BCUT2D eigenvalue weighted by Crippen LogP contribution is -2.19. The number of aliphatic carboxylic acids is 1. The van der Waals surface area contributed by atoms with E-state index in [1.165, 1.54) is 62.9 Å². The van der Waals surface area contributed by atoms with Crippen molar-refractivity contribution in [2.24, 2.45) is 17.8 Å². The number of hydrogen-bond donors (Lipinski definition) is 1. The van der Waals surface area contributed by atoms with Gasteiger partial charge in [-0.25, -0.2) is 0 Å². The van der Waals surface area contributed by atoms with Crippen molar-refractivity contribution in [3.8, 4) is 0 Å². The van der Waals surface area contributed by atoms with Crippen LogP contribution in [-0.4, -0.2) is 35.8 Å². The fraction of sp³-hybridized carbons (Fsp3) is 0.947. The molecule has 1 heterocycles. The Morgan fingerprint density at radius 2 is 1.74 bits per heavy atom. The third-order valence-corrected chi connectivity index (χ3v) is 6.85. The molecule has 1 aliphatic heterocycles. The summed E-state index contributed by atoms with van der Waals surface area (Å²) < 4.78 is 6.00. The van der Waals surface area contributed by atoms with Gasteiger partial charge in [-0.2, -0.15) is 11.8 Å². The molecular weight excluding hydrogens is 308 g/mol. The Hall–Kier alpha value is -0.220. The van der Waals surface area contributed by atoms with Gasteiger partial charge in [-0.3, -0.25) is 4.79 Å². The molecule has 4 heteroatoms. The van der Waals surface area contributed by atoms with Crippen molar-refractivity contribution >= 4 is 17.7 Å². The maximum Gasteiger partial charge on any atom is 0.303 e. The predicted molar refractivity (Wildman–Crippen MR) is 97.0 cm³/mol. The van der Waals surface area contributed by atoms with E-state index in [0.29, 0.717) is 6.42 Å². The molecule has 1 saturated heterocycles. The molecule has 2 aliphatic rings. The van der Waals surface area contributed by atoms with Crippen LogP contribution in [0.4, 0.5) is 0 Å². The van der Waals surface area contributed by atoms with Crippen LogP contribution in [0.1, 0.15) is 70.6 Å². The highest BCUT2D eigenvalue weighted by Gasteiger charge is 2.27. The van der Waals surface area contributed by atoms with Crippen LogP contribution < -0.4 is 0 Å². The molecule has 0 aromatic rings. The first kappa shape index (κ1) is 19.1. The molecule has 134 valence electrons. The Morgan fingerprint density at radius 3 is 2.52 bits per heavy atom. The zero-order valence-electron chi connectivity index (χ0n) is 14.5. The minimum Gasteiger partial charge on any atom is -0.481 e. The molecule has 0 radical (unpaired) electrons. The summed E-state index contributed by atoms with van der Waals surface area (Å²) in [4.78, 5) is 10.5. The SMILES string of the molecule is O=C(O)CCCCCC[C@H]1CSC[C@@H]1COCCC1CCCC1. The molecule has 1 aliphatic carbocycles. The van der Waals surface area contributed by atoms with Crippen molar-refractivity contribution < 1.29 is 14.6 Å². The molecule has 1 saturated carbocycles. The van der Waals surface area contributed by atoms with E-state index >= 15 is 0 Å². The smallest absolute Gasteiger partial charge is 0.303 e. The molecule has 2 rings (SSSR count). The number of thioether (sulfide) groups is 1. The highest BCUT2D eigenvalue weighted by atomic mass is 32.2. The first-order valence-corrected chi connectivity index (χ1v) is 10.8. The summed E-state index contributed by atoms with van der Waals surface area (Å²) in [6.45, 7) is 1.93. The number of rotatable bonds is 12. The molecule has 23 heavy (non-hydrogen) atoms. The fourth-order valence-corrected chi connectivity index (χ4v) is 5.52. The van der Waals surface area contributed by atoms with Crippen molar-refractivity contribution in [2.75, 3.05) is 24.7 Å². The van der Waals surface area contributed by atoms with Gasteiger partial charge in [-0.15, -0.1) is 0 Å². The van der Waals surface area contributed by atoms with Gasteiger partial charge in [-0.1, -0.05) is 44.9 Å². The summed E-state index contributed by atoms with van der Waals surface area (Å²) in [6.07, 6.45) is 12.9. The van der Waals surface area contributed by atoms with Gasteiger partial charge in [0.2, 0.25) is 0 Å². The van der Waals surface area contributed by atoms with Crippen molar-refractivity contribution in [2.45, 2.75) is 70.6 Å². The standard InChI is InChI=1S/C19H34O3S/c20-19(21)10-4-2-1-3-9-17-14-23-15-18(17)13-22-12-11-16-7-5-6-8-16/h16-18H,1-15H2,(H,20,21)/t17-,18-/m0/s1. The number of carbonyl (C=O) groups is 1. The van der Waals surface area contributed by atoms with Gasteiger partial charge in [0, 0.05) is 13.0 Å². The van der Waals surface area contributed by atoms with Gasteiger partial charge in [0.05, 0.1) is 6.61 Å². The fourth-order valence-electron chi connectivity index (χ4n) is 3.97. The van der Waals surface area contributed by atoms with Gasteiger partial charge in [0.15, 0.2) is 0 Å². The summed E-state index contributed by atoms with van der Waals surface area (Å²) in [6, 6.07) is 0. The van der Waals surface area contributed by atoms with Crippen molar-refractivity contribution in [3.63, 3.8) is 0 Å². The van der Waals surface area contributed by atoms with Gasteiger partial charge in [-0.05, 0) is 48.5 Å². The van der Waals surface area contributed by atoms with Gasteiger partial charge in [0.25, 0.3) is 0 Å². The van der Waals surface area contributed by atoms with E-state index in [0.717, 1.165) is 43.8 Å². The second-order valence-electron chi connectivity index (χ2n) is 7.42. The lowest BCUT2D eigenvalue weighted by atomic mass is 9.91. The van der Waals surface area contributed by atoms with Crippen LogP contribution in [0.25, 0.3) is 0 Å². The lowest BCUT2D eigenvalue weighted by molar-refractivity contribution is -0.137. The summed E-state index contributed by atoms with van der Waals surface area (Å²) >= 11 is 2.09. The van der Waals surface area contributed by atoms with Crippen LogP contribution in [0.5, 0.6) is 0 Å². The van der Waals surface area contributed by atoms with E-state index in [9.17, 15) is 4.79 Å². The molecule has 1 N–H and O–H groups in total. The Balaban J connectivity index is 1.48. The molecule has 0 spiro atoms. The molecule has 0 amide bonds. The predicted octanol–water partition coefficient (Wildman–Crippen LogP) is 4.99. The molecule has 0 aromatic heterocycles. The van der Waals surface area contributed by atoms with Crippen molar-refractivity contribution in [1.82, 2.24) is 0 Å². The second-order valence-corrected chi connectivity index (χ2v) is 8.49. The van der Waals surface area contributed by atoms with Crippen LogP contribution in [0.15, 0.2) is 0 Å². The number of carboxylic acids is 1. The largest absolute Gasteiger partial charge is 0.481 e. The summed E-state index contributed by atoms with van der Waals surface area (Å²) in [5, 5.41) is 8.63. The number of carboxylic acid groups (broad SMARTS) is 1. The van der Waals surface area contributed by atoms with Crippen molar-refractivity contribution in [3.05, 3.63) is 0 Å². The minimum absolute atomic E-state index is 0.330. The molecule has 0 aromatic carbocycles. The Bertz CT molecular complexity index is 329. The average Bonchev–Trinajstić information content (AvgIpc) is 3.18. The van der Waals surface area contributed by atoms with Gasteiger partial charge >= 0.3 is 5.97 Å². The molecule has 0 bridgehead atoms. The van der Waals surface area contributed by atoms with E-state index < -0.39 is 5.97 Å². The van der Waals surface area contributed by atoms with Crippen LogP contribution in [0, 0.1) is 17.8 Å². The number of unbranched alkanes of at least 4 members (excludes halogenated alkanes) is 3. The van der Waals surface area contributed by atoms with Gasteiger partial charge in [0.1, 0.15) is 0 Å².